The van der Waals surface area contributed by atoms with Crippen LogP contribution in [0, 0.1) is 5.41 Å². The minimum absolute atomic E-state index is 0.362. The number of hydrogen-bond donors (Lipinski definition) is 1. The topological polar surface area (TPSA) is 63.6 Å². The van der Waals surface area contributed by atoms with Crippen LogP contribution in [0.3, 0.4) is 0 Å². The summed E-state index contributed by atoms with van der Waals surface area (Å²) in [5.74, 6) is -0.756. The lowest BCUT2D eigenvalue weighted by atomic mass is 9.92. The highest BCUT2D eigenvalue weighted by Gasteiger charge is 2.35. The van der Waals surface area contributed by atoms with Gasteiger partial charge in [-0.3, -0.25) is 9.59 Å². The third-order valence-corrected chi connectivity index (χ3v) is 2.45. The van der Waals surface area contributed by atoms with Gasteiger partial charge in [0.05, 0.1) is 5.41 Å². The number of hydrogen-bond acceptors (Lipinski definition) is 4. The van der Waals surface area contributed by atoms with Crippen LogP contribution in [0.15, 0.2) is 0 Å². The second-order valence-corrected chi connectivity index (χ2v) is 4.99. The Bertz CT molecular complexity index is 264. The molecule has 15 heavy (non-hydrogen) atoms. The van der Waals surface area contributed by atoms with Gasteiger partial charge in [0.2, 0.25) is 5.78 Å². The molecule has 86 valence electrons. The van der Waals surface area contributed by atoms with Gasteiger partial charge in [-0.25, -0.2) is 0 Å². The summed E-state index contributed by atoms with van der Waals surface area (Å²) in [6.45, 7) is 5.21. The lowest BCUT2D eigenvalue weighted by Crippen LogP contribution is -2.41. The SMILES string of the molecule is CC(C)(C)C(=O)OC1CCCC(O)C1=O. The number of esters is 1. The van der Waals surface area contributed by atoms with Crippen LogP contribution in [0.25, 0.3) is 0 Å². The quantitative estimate of drug-likeness (QED) is 0.663. The molecule has 0 amide bonds. The highest BCUT2D eigenvalue weighted by atomic mass is 16.5. The fourth-order valence-corrected chi connectivity index (χ4v) is 1.42. The molecule has 0 aliphatic heterocycles. The number of carbonyl (C=O) groups excluding carboxylic acids is 2. The smallest absolute Gasteiger partial charge is 0.311 e. The summed E-state index contributed by atoms with van der Waals surface area (Å²) in [6, 6.07) is 0. The van der Waals surface area contributed by atoms with E-state index in [9.17, 15) is 14.7 Å². The molecule has 1 aliphatic carbocycles. The summed E-state index contributed by atoms with van der Waals surface area (Å²) in [4.78, 5) is 23.0. The molecule has 0 aromatic carbocycles. The van der Waals surface area contributed by atoms with Crippen LogP contribution in [-0.4, -0.2) is 29.1 Å². The maximum Gasteiger partial charge on any atom is 0.311 e. The van der Waals surface area contributed by atoms with Crippen molar-refractivity contribution in [2.24, 2.45) is 5.41 Å². The molecule has 4 heteroatoms. The highest BCUT2D eigenvalue weighted by Crippen LogP contribution is 2.22. The lowest BCUT2D eigenvalue weighted by molar-refractivity contribution is -0.167. The van der Waals surface area contributed by atoms with Crippen LogP contribution in [0.2, 0.25) is 0 Å². The van der Waals surface area contributed by atoms with Gasteiger partial charge in [0.15, 0.2) is 6.10 Å². The Balaban J connectivity index is 2.58. The first-order chi connectivity index (χ1) is 6.82. The molecule has 0 bridgehead atoms. The zero-order chi connectivity index (χ0) is 11.6. The minimum Gasteiger partial charge on any atom is -0.454 e. The van der Waals surface area contributed by atoms with Crippen molar-refractivity contribution in [1.29, 1.82) is 0 Å². The number of aliphatic hydroxyl groups excluding tert-OH is 1. The minimum atomic E-state index is -0.962. The Kier molecular flexibility index (Phi) is 3.50. The molecular formula is C11H18O4. The molecule has 1 rings (SSSR count). The van der Waals surface area contributed by atoms with Crippen molar-refractivity contribution in [3.63, 3.8) is 0 Å². The largest absolute Gasteiger partial charge is 0.454 e. The van der Waals surface area contributed by atoms with Crippen molar-refractivity contribution in [1.82, 2.24) is 0 Å². The predicted octanol–water partition coefficient (Wildman–Crippen LogP) is 1.06. The van der Waals surface area contributed by atoms with Crippen molar-refractivity contribution in [2.75, 3.05) is 0 Å². The lowest BCUT2D eigenvalue weighted by Gasteiger charge is -2.27. The number of aliphatic hydroxyl groups is 1. The van der Waals surface area contributed by atoms with Gasteiger partial charge in [-0.1, -0.05) is 0 Å². The molecule has 1 N–H and O–H groups in total. The number of rotatable bonds is 1. The van der Waals surface area contributed by atoms with Crippen LogP contribution in [0.1, 0.15) is 40.0 Å². The number of Topliss-reactive ketones (excluding diaryl/α,β-unsaturated/α-hetero) is 1. The van der Waals surface area contributed by atoms with Crippen molar-refractivity contribution >= 4 is 11.8 Å². The van der Waals surface area contributed by atoms with Gasteiger partial charge in [-0.15, -0.1) is 0 Å². The second kappa shape index (κ2) is 4.31. The third-order valence-electron chi connectivity index (χ3n) is 2.45. The van der Waals surface area contributed by atoms with E-state index >= 15 is 0 Å². The Morgan fingerprint density at radius 1 is 1.40 bits per heavy atom. The molecule has 0 saturated heterocycles. The van der Waals surface area contributed by atoms with Gasteiger partial charge in [-0.2, -0.15) is 0 Å². The summed E-state index contributed by atoms with van der Waals surface area (Å²) in [7, 11) is 0. The first kappa shape index (κ1) is 12.2. The second-order valence-electron chi connectivity index (χ2n) is 4.99. The summed E-state index contributed by atoms with van der Waals surface area (Å²) >= 11 is 0. The fraction of sp³-hybridized carbons (Fsp3) is 0.818. The van der Waals surface area contributed by atoms with E-state index in [4.69, 9.17) is 4.74 Å². The molecule has 0 aromatic heterocycles. The van der Waals surface area contributed by atoms with E-state index in [0.29, 0.717) is 12.8 Å². The molecule has 4 nitrogen and oxygen atoms in total. The van der Waals surface area contributed by atoms with Gasteiger partial charge in [0.1, 0.15) is 6.10 Å². The van der Waals surface area contributed by atoms with E-state index in [-0.39, 0.29) is 5.78 Å². The van der Waals surface area contributed by atoms with Crippen LogP contribution >= 0.6 is 0 Å². The summed E-state index contributed by atoms with van der Waals surface area (Å²) in [6.07, 6.45) is 0.00625. The average molecular weight is 214 g/mol. The Morgan fingerprint density at radius 2 is 2.00 bits per heavy atom. The molecule has 0 heterocycles. The van der Waals surface area contributed by atoms with E-state index in [0.717, 1.165) is 6.42 Å². The Hall–Kier alpha value is -0.900. The first-order valence-electron chi connectivity index (χ1n) is 5.25. The van der Waals surface area contributed by atoms with Crippen molar-refractivity contribution in [3.8, 4) is 0 Å². The molecule has 1 fully saturated rings. The maximum atomic E-state index is 11.5. The highest BCUT2D eigenvalue weighted by molar-refractivity contribution is 5.90. The molecule has 0 radical (unpaired) electrons. The normalized spacial score (nSPS) is 27.6. The zero-order valence-electron chi connectivity index (χ0n) is 9.45. The molecule has 2 atom stereocenters. The van der Waals surface area contributed by atoms with Crippen molar-refractivity contribution < 1.29 is 19.4 Å². The van der Waals surface area contributed by atoms with Crippen LogP contribution < -0.4 is 0 Å². The molecule has 2 unspecified atom stereocenters. The number of ether oxygens (including phenoxy) is 1. The first-order valence-corrected chi connectivity index (χ1v) is 5.25. The summed E-state index contributed by atoms with van der Waals surface area (Å²) in [5.41, 5.74) is -0.608. The van der Waals surface area contributed by atoms with Gasteiger partial charge in [-0.05, 0) is 40.0 Å². The van der Waals surface area contributed by atoms with Gasteiger partial charge in [0.25, 0.3) is 0 Å². The van der Waals surface area contributed by atoms with E-state index in [1.54, 1.807) is 20.8 Å². The Morgan fingerprint density at radius 3 is 2.53 bits per heavy atom. The van der Waals surface area contributed by atoms with Gasteiger partial charge >= 0.3 is 5.97 Å². The van der Waals surface area contributed by atoms with E-state index in [1.165, 1.54) is 0 Å². The molecule has 1 saturated carbocycles. The van der Waals surface area contributed by atoms with E-state index < -0.39 is 23.6 Å². The molecule has 0 aromatic rings. The van der Waals surface area contributed by atoms with E-state index in [1.807, 2.05) is 0 Å². The summed E-state index contributed by atoms with van der Waals surface area (Å²) in [5, 5.41) is 9.32. The van der Waals surface area contributed by atoms with Crippen LogP contribution in [-0.2, 0) is 14.3 Å². The fourth-order valence-electron chi connectivity index (χ4n) is 1.42. The third kappa shape index (κ3) is 3.02. The van der Waals surface area contributed by atoms with Gasteiger partial charge in [0, 0.05) is 0 Å². The monoisotopic (exact) mass is 214 g/mol. The molecular weight excluding hydrogens is 196 g/mol. The van der Waals surface area contributed by atoms with Gasteiger partial charge < -0.3 is 9.84 Å². The molecule has 0 spiro atoms. The number of ketones is 1. The Labute approximate surface area is 89.6 Å². The van der Waals surface area contributed by atoms with Crippen LogP contribution in [0.4, 0.5) is 0 Å². The van der Waals surface area contributed by atoms with Crippen molar-refractivity contribution in [2.45, 2.75) is 52.2 Å². The standard InChI is InChI=1S/C11H18O4/c1-11(2,3)10(14)15-8-6-4-5-7(12)9(8)13/h7-8,12H,4-6H2,1-3H3. The van der Waals surface area contributed by atoms with Crippen molar-refractivity contribution in [3.05, 3.63) is 0 Å². The van der Waals surface area contributed by atoms with Crippen LogP contribution in [0.5, 0.6) is 0 Å². The molecule has 1 aliphatic rings. The summed E-state index contributed by atoms with van der Waals surface area (Å²) < 4.78 is 5.09. The zero-order valence-corrected chi connectivity index (χ0v) is 9.45. The van der Waals surface area contributed by atoms with E-state index in [2.05, 4.69) is 0 Å². The maximum absolute atomic E-state index is 11.5. The average Bonchev–Trinajstić information content (AvgIpc) is 2.11. The number of carbonyl (C=O) groups is 2. The predicted molar refractivity (Wildman–Crippen MR) is 54.2 cm³/mol.